The molecule has 0 fully saturated rings. The second-order valence-corrected chi connectivity index (χ2v) is 4.30. The van der Waals surface area contributed by atoms with Crippen LogP contribution < -0.4 is 16.8 Å². The molecule has 1 aromatic heterocycles. The summed E-state index contributed by atoms with van der Waals surface area (Å²) < 4.78 is 0. The molecule has 1 rings (SSSR count). The lowest BCUT2D eigenvalue weighted by Crippen LogP contribution is -2.47. The molecule has 1 unspecified atom stereocenters. The molecule has 0 aromatic carbocycles. The van der Waals surface area contributed by atoms with E-state index in [-0.39, 0.29) is 17.3 Å². The van der Waals surface area contributed by atoms with Gasteiger partial charge < -0.3 is 16.8 Å². The van der Waals surface area contributed by atoms with E-state index in [1.165, 1.54) is 6.07 Å². The predicted octanol–water partition coefficient (Wildman–Crippen LogP) is 0.113. The van der Waals surface area contributed by atoms with Crippen LogP contribution in [0.3, 0.4) is 0 Å². The van der Waals surface area contributed by atoms with Gasteiger partial charge in [-0.1, -0.05) is 0 Å². The van der Waals surface area contributed by atoms with E-state index < -0.39 is 5.91 Å². The summed E-state index contributed by atoms with van der Waals surface area (Å²) in [5.74, 6) is -0.0298. The molecular formula is C10H17N5O. The summed E-state index contributed by atoms with van der Waals surface area (Å²) >= 11 is 0. The number of rotatable bonds is 4. The van der Waals surface area contributed by atoms with Gasteiger partial charge in [-0.2, -0.15) is 0 Å². The Balaban J connectivity index is 2.80. The number of nitrogens with two attached hydrogens (primary N) is 2. The molecular weight excluding hydrogens is 206 g/mol. The smallest absolute Gasteiger partial charge is 0.269 e. The summed E-state index contributed by atoms with van der Waals surface area (Å²) in [6, 6.07) is 3.12. The van der Waals surface area contributed by atoms with Crippen molar-refractivity contribution in [2.45, 2.75) is 32.4 Å². The minimum absolute atomic E-state index is 0.0508. The third kappa shape index (κ3) is 2.90. The summed E-state index contributed by atoms with van der Waals surface area (Å²) in [6.45, 7) is 5.82. The number of amides is 1. The number of primary amides is 1. The first-order valence-corrected chi connectivity index (χ1v) is 5.00. The molecule has 0 spiro atoms. The predicted molar refractivity (Wildman–Crippen MR) is 61.9 cm³/mol. The van der Waals surface area contributed by atoms with E-state index in [0.717, 1.165) is 0 Å². The topological polar surface area (TPSA) is 107 Å². The second-order valence-electron chi connectivity index (χ2n) is 4.30. The Morgan fingerprint density at radius 1 is 1.44 bits per heavy atom. The summed E-state index contributed by atoms with van der Waals surface area (Å²) in [7, 11) is 0. The first-order chi connectivity index (χ1) is 7.33. The summed E-state index contributed by atoms with van der Waals surface area (Å²) in [4.78, 5) is 10.8. The molecule has 0 saturated heterocycles. The summed E-state index contributed by atoms with van der Waals surface area (Å²) in [5, 5.41) is 10.7. The lowest BCUT2D eigenvalue weighted by Gasteiger charge is -2.30. The van der Waals surface area contributed by atoms with Crippen LogP contribution in [0.4, 0.5) is 5.82 Å². The maximum absolute atomic E-state index is 10.8. The minimum atomic E-state index is -0.592. The summed E-state index contributed by atoms with van der Waals surface area (Å²) in [6.07, 6.45) is 0. The number of nitrogens with zero attached hydrogens (tertiary/aromatic N) is 2. The van der Waals surface area contributed by atoms with Crippen molar-refractivity contribution in [2.75, 3.05) is 5.32 Å². The van der Waals surface area contributed by atoms with E-state index in [2.05, 4.69) is 15.5 Å². The largest absolute Gasteiger partial charge is 0.364 e. The minimum Gasteiger partial charge on any atom is -0.364 e. The maximum atomic E-state index is 10.8. The average Bonchev–Trinajstić information content (AvgIpc) is 2.17. The van der Waals surface area contributed by atoms with E-state index in [4.69, 9.17) is 11.5 Å². The first-order valence-electron chi connectivity index (χ1n) is 5.00. The van der Waals surface area contributed by atoms with Crippen LogP contribution in [-0.2, 0) is 0 Å². The van der Waals surface area contributed by atoms with Gasteiger partial charge in [0.05, 0.1) is 0 Å². The molecule has 0 aliphatic carbocycles. The highest BCUT2D eigenvalue weighted by Gasteiger charge is 2.22. The molecule has 0 radical (unpaired) electrons. The Kier molecular flexibility index (Phi) is 3.44. The Morgan fingerprint density at radius 3 is 2.44 bits per heavy atom. The highest BCUT2D eigenvalue weighted by molar-refractivity contribution is 5.90. The van der Waals surface area contributed by atoms with Crippen molar-refractivity contribution in [1.82, 2.24) is 10.2 Å². The third-order valence-electron chi connectivity index (χ3n) is 2.51. The van der Waals surface area contributed by atoms with Crippen LogP contribution in [0.15, 0.2) is 12.1 Å². The normalized spacial score (nSPS) is 13.2. The standard InChI is InChI=1S/C10H17N5O/c1-6(11)10(2,3)13-8-5-4-7(9(12)16)14-15-8/h4-6H,11H2,1-3H3,(H2,12,16)(H,13,15). The van der Waals surface area contributed by atoms with Crippen molar-refractivity contribution in [2.24, 2.45) is 11.5 Å². The van der Waals surface area contributed by atoms with E-state index in [1.54, 1.807) is 6.07 Å². The number of anilines is 1. The maximum Gasteiger partial charge on any atom is 0.269 e. The molecule has 0 saturated carbocycles. The number of nitrogens with one attached hydrogen (secondary N) is 1. The van der Waals surface area contributed by atoms with E-state index in [9.17, 15) is 4.79 Å². The van der Waals surface area contributed by atoms with Crippen molar-refractivity contribution < 1.29 is 4.79 Å². The SMILES string of the molecule is CC(N)C(C)(C)Nc1ccc(C(N)=O)nn1. The average molecular weight is 223 g/mol. The van der Waals surface area contributed by atoms with E-state index >= 15 is 0 Å². The van der Waals surface area contributed by atoms with Gasteiger partial charge in [0.1, 0.15) is 5.82 Å². The molecule has 88 valence electrons. The van der Waals surface area contributed by atoms with Gasteiger partial charge >= 0.3 is 0 Å². The van der Waals surface area contributed by atoms with Crippen LogP contribution in [0.2, 0.25) is 0 Å². The molecule has 0 aliphatic heterocycles. The Labute approximate surface area is 94.4 Å². The van der Waals surface area contributed by atoms with Gasteiger partial charge in [-0.3, -0.25) is 4.79 Å². The molecule has 1 amide bonds. The van der Waals surface area contributed by atoms with Gasteiger partial charge in [0.2, 0.25) is 0 Å². The zero-order valence-electron chi connectivity index (χ0n) is 9.69. The van der Waals surface area contributed by atoms with Gasteiger partial charge in [0.25, 0.3) is 5.91 Å². The van der Waals surface area contributed by atoms with Crippen LogP contribution in [0, 0.1) is 0 Å². The fraction of sp³-hybridized carbons (Fsp3) is 0.500. The summed E-state index contributed by atoms with van der Waals surface area (Å²) in [5.41, 5.74) is 10.7. The van der Waals surface area contributed by atoms with Gasteiger partial charge in [0.15, 0.2) is 5.69 Å². The second kappa shape index (κ2) is 4.44. The molecule has 1 heterocycles. The lowest BCUT2D eigenvalue weighted by atomic mass is 9.97. The van der Waals surface area contributed by atoms with Crippen LogP contribution in [-0.4, -0.2) is 27.7 Å². The molecule has 1 atom stereocenters. The third-order valence-corrected chi connectivity index (χ3v) is 2.51. The number of carbonyl (C=O) groups is 1. The van der Waals surface area contributed by atoms with E-state index in [0.29, 0.717) is 5.82 Å². The van der Waals surface area contributed by atoms with Crippen molar-refractivity contribution in [3.05, 3.63) is 17.8 Å². The van der Waals surface area contributed by atoms with Gasteiger partial charge in [-0.05, 0) is 32.9 Å². The number of aromatic nitrogens is 2. The van der Waals surface area contributed by atoms with Crippen LogP contribution in [0.25, 0.3) is 0 Å². The molecule has 0 aliphatic rings. The lowest BCUT2D eigenvalue weighted by molar-refractivity contribution is 0.0994. The van der Waals surface area contributed by atoms with Crippen molar-refractivity contribution >= 4 is 11.7 Å². The Hall–Kier alpha value is -1.69. The molecule has 16 heavy (non-hydrogen) atoms. The number of carbonyl (C=O) groups excluding carboxylic acids is 1. The fourth-order valence-corrected chi connectivity index (χ4v) is 0.974. The van der Waals surface area contributed by atoms with Crippen LogP contribution >= 0.6 is 0 Å². The van der Waals surface area contributed by atoms with Gasteiger partial charge in [-0.15, -0.1) is 10.2 Å². The first kappa shape index (κ1) is 12.4. The quantitative estimate of drug-likeness (QED) is 0.671. The number of hydrogen-bond acceptors (Lipinski definition) is 5. The zero-order valence-corrected chi connectivity index (χ0v) is 9.69. The molecule has 0 bridgehead atoms. The molecule has 5 N–H and O–H groups in total. The monoisotopic (exact) mass is 223 g/mol. The van der Waals surface area contributed by atoms with Gasteiger partial charge in [-0.25, -0.2) is 0 Å². The molecule has 6 nitrogen and oxygen atoms in total. The highest BCUT2D eigenvalue weighted by Crippen LogP contribution is 2.14. The van der Waals surface area contributed by atoms with Crippen molar-refractivity contribution in [1.29, 1.82) is 0 Å². The van der Waals surface area contributed by atoms with Crippen molar-refractivity contribution in [3.8, 4) is 0 Å². The van der Waals surface area contributed by atoms with E-state index in [1.807, 2.05) is 20.8 Å². The number of hydrogen-bond donors (Lipinski definition) is 3. The van der Waals surface area contributed by atoms with Gasteiger partial charge in [0, 0.05) is 11.6 Å². The molecule has 1 aromatic rings. The Bertz CT molecular complexity index is 371. The van der Waals surface area contributed by atoms with Crippen molar-refractivity contribution in [3.63, 3.8) is 0 Å². The van der Waals surface area contributed by atoms with Crippen LogP contribution in [0.5, 0.6) is 0 Å². The van der Waals surface area contributed by atoms with Crippen LogP contribution in [0.1, 0.15) is 31.3 Å². The fourth-order valence-electron chi connectivity index (χ4n) is 0.974. The Morgan fingerprint density at radius 2 is 2.06 bits per heavy atom. The molecule has 6 heteroatoms. The zero-order chi connectivity index (χ0) is 12.3. The highest BCUT2D eigenvalue weighted by atomic mass is 16.1.